The Kier molecular flexibility index (Phi) is 5.68. The van der Waals surface area contributed by atoms with Gasteiger partial charge in [-0.25, -0.2) is 0 Å². The van der Waals surface area contributed by atoms with E-state index in [0.717, 1.165) is 17.0 Å². The van der Waals surface area contributed by atoms with E-state index < -0.39 is 0 Å². The maximum Gasteiger partial charge on any atom is 0.0731 e. The van der Waals surface area contributed by atoms with Crippen LogP contribution in [0.2, 0.25) is 0 Å². The summed E-state index contributed by atoms with van der Waals surface area (Å²) in [4.78, 5) is 8.60. The van der Waals surface area contributed by atoms with E-state index in [-0.39, 0.29) is 0 Å². The first-order valence-electron chi connectivity index (χ1n) is 8.28. The topological polar surface area (TPSA) is 25.8 Å². The zero-order valence-electron chi connectivity index (χ0n) is 14.2. The summed E-state index contributed by atoms with van der Waals surface area (Å²) >= 11 is 0. The molecule has 0 aliphatic carbocycles. The monoisotopic (exact) mass is 324 g/mol. The molecule has 0 N–H and O–H groups in total. The van der Waals surface area contributed by atoms with Crippen LogP contribution in [0.1, 0.15) is 5.56 Å². The second-order valence-corrected chi connectivity index (χ2v) is 5.62. The van der Waals surface area contributed by atoms with Crippen LogP contribution < -0.4 is 0 Å². The van der Waals surface area contributed by atoms with Crippen molar-refractivity contribution < 1.29 is 0 Å². The molecular formula is C23H20N2. The van der Waals surface area contributed by atoms with Gasteiger partial charge in [-0.2, -0.15) is 0 Å². The molecule has 0 amide bonds. The van der Waals surface area contributed by atoms with Crippen molar-refractivity contribution >= 4 is 0 Å². The quantitative estimate of drug-likeness (QED) is 0.465. The van der Waals surface area contributed by atoms with Crippen LogP contribution in [0.15, 0.2) is 103 Å². The molecule has 122 valence electrons. The van der Waals surface area contributed by atoms with Crippen molar-refractivity contribution in [1.29, 1.82) is 0 Å². The van der Waals surface area contributed by atoms with Crippen LogP contribution in [-0.2, 0) is 0 Å². The fourth-order valence-electron chi connectivity index (χ4n) is 2.53. The molecule has 2 nitrogen and oxygen atoms in total. The number of hydrogen-bond donors (Lipinski definition) is 0. The summed E-state index contributed by atoms with van der Waals surface area (Å²) in [6.07, 6.45) is 3.64. The summed E-state index contributed by atoms with van der Waals surface area (Å²) in [5.74, 6) is 0. The van der Waals surface area contributed by atoms with Gasteiger partial charge in [-0.1, -0.05) is 72.8 Å². The highest BCUT2D eigenvalue weighted by Crippen LogP contribution is 2.19. The second-order valence-electron chi connectivity index (χ2n) is 5.62. The first kappa shape index (κ1) is 16.6. The van der Waals surface area contributed by atoms with Gasteiger partial charge in [0.15, 0.2) is 0 Å². The van der Waals surface area contributed by atoms with Gasteiger partial charge < -0.3 is 0 Å². The normalized spacial score (nSPS) is 9.80. The van der Waals surface area contributed by atoms with Crippen LogP contribution in [-0.4, -0.2) is 9.97 Å². The lowest BCUT2D eigenvalue weighted by atomic mass is 10.1. The fourth-order valence-corrected chi connectivity index (χ4v) is 2.53. The molecule has 0 spiro atoms. The Hall–Kier alpha value is -3.26. The van der Waals surface area contributed by atoms with Gasteiger partial charge >= 0.3 is 0 Å². The summed E-state index contributed by atoms with van der Waals surface area (Å²) in [7, 11) is 0. The smallest absolute Gasteiger partial charge is 0.0731 e. The van der Waals surface area contributed by atoms with E-state index in [1.54, 1.807) is 0 Å². The molecule has 0 saturated heterocycles. The number of pyridine rings is 2. The number of nitrogens with zero attached hydrogens (tertiary/aromatic N) is 2. The highest BCUT2D eigenvalue weighted by Gasteiger charge is 1.99. The minimum Gasteiger partial charge on any atom is -0.256 e. The average molecular weight is 324 g/mol. The number of aromatic nitrogens is 2. The summed E-state index contributed by atoms with van der Waals surface area (Å²) in [5, 5.41) is 0. The summed E-state index contributed by atoms with van der Waals surface area (Å²) < 4.78 is 0. The van der Waals surface area contributed by atoms with Crippen LogP contribution in [0.25, 0.3) is 22.5 Å². The first-order chi connectivity index (χ1) is 12.3. The van der Waals surface area contributed by atoms with Crippen LogP contribution in [0.5, 0.6) is 0 Å². The number of hydrogen-bond acceptors (Lipinski definition) is 2. The lowest BCUT2D eigenvalue weighted by Gasteiger charge is -2.02. The van der Waals surface area contributed by atoms with Crippen molar-refractivity contribution in [2.75, 3.05) is 0 Å². The van der Waals surface area contributed by atoms with Crippen LogP contribution in [0, 0.1) is 6.92 Å². The molecule has 25 heavy (non-hydrogen) atoms. The molecule has 0 unspecified atom stereocenters. The third-order valence-electron chi connectivity index (χ3n) is 3.79. The molecule has 0 radical (unpaired) electrons. The van der Waals surface area contributed by atoms with Gasteiger partial charge in [0.05, 0.1) is 11.4 Å². The first-order valence-corrected chi connectivity index (χ1v) is 8.28. The van der Waals surface area contributed by atoms with Gasteiger partial charge in [0.1, 0.15) is 0 Å². The molecule has 0 aliphatic rings. The average Bonchev–Trinajstić information content (AvgIpc) is 2.71. The number of aryl methyl sites for hydroxylation is 1. The van der Waals surface area contributed by atoms with Gasteiger partial charge in [0.25, 0.3) is 0 Å². The zero-order chi connectivity index (χ0) is 17.3. The van der Waals surface area contributed by atoms with E-state index in [0.29, 0.717) is 0 Å². The summed E-state index contributed by atoms with van der Waals surface area (Å²) in [5.41, 5.74) is 5.66. The predicted octanol–water partition coefficient (Wildman–Crippen LogP) is 5.81. The molecule has 2 aromatic heterocycles. The minimum atomic E-state index is 1.03. The zero-order valence-corrected chi connectivity index (χ0v) is 14.2. The molecule has 2 heteroatoms. The van der Waals surface area contributed by atoms with Crippen molar-refractivity contribution in [3.05, 3.63) is 109 Å². The molecule has 0 fully saturated rings. The Morgan fingerprint density at radius 2 is 1.12 bits per heavy atom. The van der Waals surface area contributed by atoms with E-state index in [9.17, 15) is 0 Å². The minimum absolute atomic E-state index is 1.03. The van der Waals surface area contributed by atoms with Crippen molar-refractivity contribution in [3.8, 4) is 22.5 Å². The van der Waals surface area contributed by atoms with E-state index in [4.69, 9.17) is 0 Å². The Morgan fingerprint density at radius 3 is 1.72 bits per heavy atom. The molecule has 0 aliphatic heterocycles. The molecule has 0 saturated carbocycles. The van der Waals surface area contributed by atoms with Crippen molar-refractivity contribution in [3.63, 3.8) is 0 Å². The molecule has 2 heterocycles. The lowest BCUT2D eigenvalue weighted by molar-refractivity contribution is 1.27. The molecule has 0 atom stereocenters. The van der Waals surface area contributed by atoms with Gasteiger partial charge in [-0.15, -0.1) is 0 Å². The van der Waals surface area contributed by atoms with Gasteiger partial charge in [-0.3, -0.25) is 9.97 Å². The van der Waals surface area contributed by atoms with E-state index in [1.165, 1.54) is 11.1 Å². The molecular weight excluding hydrogens is 304 g/mol. The standard InChI is InChI=1S/C12H11N.C11H9N/c1-10-6-5-9-13-12(10)11-7-3-2-4-8-11;1-2-6-10(7-3-1)11-8-4-5-9-12-11/h2-9H,1H3;1-9H. The van der Waals surface area contributed by atoms with E-state index in [1.807, 2.05) is 73.1 Å². The fraction of sp³-hybridized carbons (Fsp3) is 0.0435. The Morgan fingerprint density at radius 1 is 0.520 bits per heavy atom. The van der Waals surface area contributed by atoms with Crippen molar-refractivity contribution in [2.24, 2.45) is 0 Å². The van der Waals surface area contributed by atoms with Gasteiger partial charge in [0, 0.05) is 23.5 Å². The number of benzene rings is 2. The Labute approximate surface area is 148 Å². The van der Waals surface area contributed by atoms with E-state index in [2.05, 4.69) is 47.2 Å². The molecule has 2 aromatic carbocycles. The molecule has 4 aromatic rings. The third kappa shape index (κ3) is 4.61. The van der Waals surface area contributed by atoms with Crippen LogP contribution in [0.3, 0.4) is 0 Å². The maximum absolute atomic E-state index is 4.35. The largest absolute Gasteiger partial charge is 0.256 e. The highest BCUT2D eigenvalue weighted by molar-refractivity contribution is 5.62. The summed E-state index contributed by atoms with van der Waals surface area (Å²) in [6.45, 7) is 2.08. The number of rotatable bonds is 2. The lowest BCUT2D eigenvalue weighted by Crippen LogP contribution is -1.85. The Balaban J connectivity index is 0.000000146. The molecule has 4 rings (SSSR count). The predicted molar refractivity (Wildman–Crippen MR) is 104 cm³/mol. The Bertz CT molecular complexity index is 851. The second kappa shape index (κ2) is 8.55. The molecule has 0 bridgehead atoms. The highest BCUT2D eigenvalue weighted by atomic mass is 14.7. The maximum atomic E-state index is 4.35. The van der Waals surface area contributed by atoms with Gasteiger partial charge in [-0.05, 0) is 30.7 Å². The van der Waals surface area contributed by atoms with Crippen LogP contribution in [0.4, 0.5) is 0 Å². The SMILES string of the molecule is Cc1cccnc1-c1ccccc1.c1ccc(-c2ccccn2)cc1. The third-order valence-corrected chi connectivity index (χ3v) is 3.79. The van der Waals surface area contributed by atoms with Crippen molar-refractivity contribution in [2.45, 2.75) is 6.92 Å². The van der Waals surface area contributed by atoms with E-state index >= 15 is 0 Å². The van der Waals surface area contributed by atoms with Crippen molar-refractivity contribution in [1.82, 2.24) is 9.97 Å². The van der Waals surface area contributed by atoms with Crippen LogP contribution >= 0.6 is 0 Å². The summed E-state index contributed by atoms with van der Waals surface area (Å²) in [6, 6.07) is 30.4. The van der Waals surface area contributed by atoms with Gasteiger partial charge in [0.2, 0.25) is 0 Å².